The molecule has 0 radical (unpaired) electrons. The average Bonchev–Trinajstić information content (AvgIpc) is 2.47. The minimum Gasteiger partial charge on any atom is -0.325 e. The molecule has 1 saturated heterocycles. The molecule has 1 fully saturated rings. The molecule has 1 aromatic carbocycles. The van der Waals surface area contributed by atoms with Gasteiger partial charge in [0.2, 0.25) is 0 Å². The quantitative estimate of drug-likeness (QED) is 0.889. The first-order valence-corrected chi connectivity index (χ1v) is 7.43. The number of carbonyl (C=O) groups excluding carboxylic acids is 1. The topological polar surface area (TPSA) is 44.4 Å². The van der Waals surface area contributed by atoms with Crippen LogP contribution in [-0.2, 0) is 0 Å². The minimum absolute atomic E-state index is 0.0196. The van der Waals surface area contributed by atoms with Gasteiger partial charge in [0.25, 0.3) is 0 Å². The van der Waals surface area contributed by atoms with E-state index in [1.54, 1.807) is 0 Å². The van der Waals surface area contributed by atoms with Crippen molar-refractivity contribution in [2.75, 3.05) is 25.5 Å². The fourth-order valence-corrected chi connectivity index (χ4v) is 2.47. The highest BCUT2D eigenvalue weighted by Crippen LogP contribution is 2.19. The Kier molecular flexibility index (Phi) is 5.01. The van der Waals surface area contributed by atoms with E-state index in [-0.39, 0.29) is 12.1 Å². The second-order valence-electron chi connectivity index (χ2n) is 5.74. The largest absolute Gasteiger partial charge is 0.325 e. The summed E-state index contributed by atoms with van der Waals surface area (Å²) in [6.07, 6.45) is 2.20. The van der Waals surface area contributed by atoms with E-state index in [1.165, 1.54) is 5.56 Å². The lowest BCUT2D eigenvalue weighted by molar-refractivity contribution is 0.186. The van der Waals surface area contributed by atoms with Gasteiger partial charge in [-0.1, -0.05) is 19.1 Å². The first-order valence-electron chi connectivity index (χ1n) is 7.43. The molecule has 2 amide bonds. The summed E-state index contributed by atoms with van der Waals surface area (Å²) in [5.41, 5.74) is 2.05. The maximum atomic E-state index is 12.2. The maximum Gasteiger partial charge on any atom is 0.321 e. The van der Waals surface area contributed by atoms with Crippen LogP contribution < -0.4 is 10.6 Å². The summed E-state index contributed by atoms with van der Waals surface area (Å²) < 4.78 is 0. The molecule has 4 heteroatoms. The van der Waals surface area contributed by atoms with Gasteiger partial charge in [-0.15, -0.1) is 0 Å². The fourth-order valence-electron chi connectivity index (χ4n) is 2.47. The summed E-state index contributed by atoms with van der Waals surface area (Å²) in [6.45, 7) is 6.07. The third-order valence-electron chi connectivity index (χ3n) is 4.14. The van der Waals surface area contributed by atoms with Crippen molar-refractivity contribution >= 4 is 11.7 Å². The Labute approximate surface area is 121 Å². The number of piperidine rings is 1. The van der Waals surface area contributed by atoms with Crippen LogP contribution in [-0.4, -0.2) is 31.1 Å². The number of carbonyl (C=O) groups is 1. The van der Waals surface area contributed by atoms with Crippen LogP contribution in [0.5, 0.6) is 0 Å². The lowest BCUT2D eigenvalue weighted by Gasteiger charge is -2.30. The van der Waals surface area contributed by atoms with E-state index in [9.17, 15) is 4.79 Å². The molecule has 1 aliphatic heterocycles. The van der Waals surface area contributed by atoms with E-state index >= 15 is 0 Å². The zero-order valence-electron chi connectivity index (χ0n) is 12.6. The first-order chi connectivity index (χ1) is 9.60. The summed E-state index contributed by atoms with van der Waals surface area (Å²) in [6, 6.07) is 8.33. The van der Waals surface area contributed by atoms with Crippen LogP contribution in [0.2, 0.25) is 0 Å². The van der Waals surface area contributed by atoms with Gasteiger partial charge >= 0.3 is 6.03 Å². The lowest BCUT2D eigenvalue weighted by Crippen LogP contribution is -2.40. The molecule has 1 unspecified atom stereocenters. The smallest absolute Gasteiger partial charge is 0.321 e. The highest BCUT2D eigenvalue weighted by molar-refractivity contribution is 5.89. The molecular weight excluding hydrogens is 250 g/mol. The van der Waals surface area contributed by atoms with Crippen LogP contribution in [0.25, 0.3) is 0 Å². The number of nitrogens with one attached hydrogen (secondary N) is 2. The Morgan fingerprint density at radius 3 is 2.70 bits per heavy atom. The van der Waals surface area contributed by atoms with Crippen molar-refractivity contribution in [3.8, 4) is 0 Å². The van der Waals surface area contributed by atoms with Crippen LogP contribution in [0.3, 0.4) is 0 Å². The van der Waals surface area contributed by atoms with Crippen LogP contribution in [0.15, 0.2) is 24.3 Å². The molecule has 0 aromatic heterocycles. The van der Waals surface area contributed by atoms with Crippen LogP contribution in [0.1, 0.15) is 38.3 Å². The fraction of sp³-hybridized carbons (Fsp3) is 0.562. The van der Waals surface area contributed by atoms with E-state index in [0.717, 1.165) is 37.5 Å². The molecule has 1 aliphatic rings. The Morgan fingerprint density at radius 2 is 2.05 bits per heavy atom. The second-order valence-corrected chi connectivity index (χ2v) is 5.74. The van der Waals surface area contributed by atoms with Crippen molar-refractivity contribution in [3.63, 3.8) is 0 Å². The Balaban J connectivity index is 1.97. The van der Waals surface area contributed by atoms with Crippen molar-refractivity contribution in [2.45, 2.75) is 32.7 Å². The van der Waals surface area contributed by atoms with E-state index < -0.39 is 0 Å². The molecule has 1 atom stereocenters. The predicted octanol–water partition coefficient (Wildman–Crippen LogP) is 3.23. The maximum absolute atomic E-state index is 12.2. The average molecular weight is 275 g/mol. The van der Waals surface area contributed by atoms with Crippen molar-refractivity contribution in [3.05, 3.63) is 29.8 Å². The number of anilines is 1. The number of nitrogens with zero attached hydrogens (tertiary/aromatic N) is 1. The number of hydrogen-bond acceptors (Lipinski definition) is 2. The van der Waals surface area contributed by atoms with E-state index in [1.807, 2.05) is 30.1 Å². The number of likely N-dealkylation sites (tertiary alicyclic amines) is 1. The van der Waals surface area contributed by atoms with Crippen molar-refractivity contribution in [1.29, 1.82) is 0 Å². The molecule has 20 heavy (non-hydrogen) atoms. The first kappa shape index (κ1) is 14.9. The minimum atomic E-state index is 0.0196. The molecule has 2 N–H and O–H groups in total. The van der Waals surface area contributed by atoms with Gasteiger partial charge in [0.15, 0.2) is 0 Å². The van der Waals surface area contributed by atoms with Gasteiger partial charge in [0, 0.05) is 24.8 Å². The van der Waals surface area contributed by atoms with Crippen molar-refractivity contribution in [1.82, 2.24) is 10.2 Å². The summed E-state index contributed by atoms with van der Waals surface area (Å²) >= 11 is 0. The van der Waals surface area contributed by atoms with Crippen molar-refractivity contribution in [2.24, 2.45) is 5.92 Å². The van der Waals surface area contributed by atoms with E-state index in [2.05, 4.69) is 30.5 Å². The summed E-state index contributed by atoms with van der Waals surface area (Å²) in [5.74, 6) is 0.735. The second kappa shape index (κ2) is 6.75. The molecule has 2 rings (SSSR count). The molecule has 0 aliphatic carbocycles. The summed E-state index contributed by atoms with van der Waals surface area (Å²) in [7, 11) is 1.94. The third kappa shape index (κ3) is 3.73. The molecule has 0 saturated carbocycles. The number of benzene rings is 1. The number of amides is 2. The van der Waals surface area contributed by atoms with Gasteiger partial charge in [0.1, 0.15) is 0 Å². The van der Waals surface area contributed by atoms with Gasteiger partial charge in [0.05, 0.1) is 0 Å². The van der Waals surface area contributed by atoms with Crippen LogP contribution in [0, 0.1) is 5.92 Å². The normalized spacial score (nSPS) is 17.9. The van der Waals surface area contributed by atoms with E-state index in [4.69, 9.17) is 0 Å². The third-order valence-corrected chi connectivity index (χ3v) is 4.14. The molecule has 1 aromatic rings. The molecule has 0 bridgehead atoms. The van der Waals surface area contributed by atoms with Gasteiger partial charge in [-0.25, -0.2) is 4.79 Å². The Hall–Kier alpha value is -1.55. The molecular formula is C16H25N3O. The number of urea groups is 1. The SMILES string of the molecule is CNC(C)c1cccc(NC(=O)N2CCC(C)CC2)c1. The molecule has 1 heterocycles. The molecule has 4 nitrogen and oxygen atoms in total. The lowest BCUT2D eigenvalue weighted by atomic mass is 10.00. The van der Waals surface area contributed by atoms with E-state index in [0.29, 0.717) is 0 Å². The Morgan fingerprint density at radius 1 is 1.35 bits per heavy atom. The summed E-state index contributed by atoms with van der Waals surface area (Å²) in [5, 5.41) is 6.21. The highest BCUT2D eigenvalue weighted by atomic mass is 16.2. The van der Waals surface area contributed by atoms with Crippen molar-refractivity contribution < 1.29 is 4.79 Å². The standard InChI is InChI=1S/C16H25N3O/c1-12-7-9-19(10-8-12)16(20)18-15-6-4-5-14(11-15)13(2)17-3/h4-6,11-13,17H,7-10H2,1-3H3,(H,18,20). The predicted molar refractivity (Wildman–Crippen MR) is 82.9 cm³/mol. The molecule has 0 spiro atoms. The van der Waals surface area contributed by atoms with Gasteiger partial charge in [-0.05, 0) is 50.4 Å². The zero-order valence-corrected chi connectivity index (χ0v) is 12.6. The highest BCUT2D eigenvalue weighted by Gasteiger charge is 2.20. The van der Waals surface area contributed by atoms with Gasteiger partial charge in [-0.2, -0.15) is 0 Å². The zero-order chi connectivity index (χ0) is 14.5. The number of rotatable bonds is 3. The molecule has 110 valence electrons. The van der Waals surface area contributed by atoms with Crippen LogP contribution >= 0.6 is 0 Å². The monoisotopic (exact) mass is 275 g/mol. The van der Waals surface area contributed by atoms with Crippen LogP contribution in [0.4, 0.5) is 10.5 Å². The number of hydrogen-bond donors (Lipinski definition) is 2. The summed E-state index contributed by atoms with van der Waals surface area (Å²) in [4.78, 5) is 14.1. The van der Waals surface area contributed by atoms with Gasteiger partial charge in [-0.3, -0.25) is 0 Å². The Bertz CT molecular complexity index is 453. The van der Waals surface area contributed by atoms with Gasteiger partial charge < -0.3 is 15.5 Å².